The molecule has 22 heavy (non-hydrogen) atoms. The van der Waals surface area contributed by atoms with Gasteiger partial charge in [-0.25, -0.2) is 0 Å². The normalized spacial score (nSPS) is 40.1. The van der Waals surface area contributed by atoms with E-state index < -0.39 is 5.41 Å². The van der Waals surface area contributed by atoms with Crippen LogP contribution < -0.4 is 0 Å². The lowest BCUT2D eigenvalue weighted by molar-refractivity contribution is -0.132. The van der Waals surface area contributed by atoms with E-state index in [-0.39, 0.29) is 11.8 Å². The molecule has 0 aliphatic heterocycles. The number of rotatable bonds is 1. The van der Waals surface area contributed by atoms with Gasteiger partial charge in [0.05, 0.1) is 0 Å². The molecule has 0 radical (unpaired) electrons. The highest BCUT2D eigenvalue weighted by atomic mass is 16.1. The molecule has 2 rings (SSSR count). The molecule has 1 saturated carbocycles. The first kappa shape index (κ1) is 17.4. The van der Waals surface area contributed by atoms with Crippen molar-refractivity contribution >= 4 is 11.6 Å². The van der Waals surface area contributed by atoms with Crippen molar-refractivity contribution in [3.05, 3.63) is 11.6 Å². The number of hydrogen-bond acceptors (Lipinski definition) is 2. The Kier molecular flexibility index (Phi) is 5.29. The zero-order valence-corrected chi connectivity index (χ0v) is 14.9. The van der Waals surface area contributed by atoms with E-state index >= 15 is 0 Å². The van der Waals surface area contributed by atoms with Crippen molar-refractivity contribution in [1.82, 2.24) is 0 Å². The van der Waals surface area contributed by atoms with Crippen molar-refractivity contribution in [2.24, 2.45) is 29.1 Å². The van der Waals surface area contributed by atoms with E-state index in [0.717, 1.165) is 25.7 Å². The van der Waals surface area contributed by atoms with Crippen LogP contribution >= 0.6 is 0 Å². The molecular weight excluding hydrogens is 272 g/mol. The van der Waals surface area contributed by atoms with Crippen molar-refractivity contribution in [2.75, 3.05) is 0 Å². The Labute approximate surface area is 135 Å². The summed E-state index contributed by atoms with van der Waals surface area (Å²) in [5.74, 6) is 1.70. The molecule has 4 atom stereocenters. The molecule has 0 heterocycles. The zero-order chi connectivity index (χ0) is 16.5. The van der Waals surface area contributed by atoms with Crippen LogP contribution in [0, 0.1) is 29.1 Å². The Morgan fingerprint density at radius 3 is 2.55 bits per heavy atom. The highest BCUT2D eigenvalue weighted by Gasteiger charge is 2.54. The van der Waals surface area contributed by atoms with Gasteiger partial charge in [0.15, 0.2) is 0 Å². The molecule has 2 aliphatic carbocycles. The molecule has 0 bridgehead atoms. The fourth-order valence-electron chi connectivity index (χ4n) is 4.62. The molecule has 0 saturated heterocycles. The first-order valence-electron chi connectivity index (χ1n) is 8.97. The smallest absolute Gasteiger partial charge is 0.139 e. The third-order valence-corrected chi connectivity index (χ3v) is 6.06. The zero-order valence-electron chi connectivity index (χ0n) is 14.9. The van der Waals surface area contributed by atoms with Crippen LogP contribution in [0.25, 0.3) is 0 Å². The van der Waals surface area contributed by atoms with Gasteiger partial charge in [-0.2, -0.15) is 0 Å². The van der Waals surface area contributed by atoms with Gasteiger partial charge in [0.2, 0.25) is 0 Å². The Hall–Kier alpha value is -0.920. The van der Waals surface area contributed by atoms with Gasteiger partial charge in [0, 0.05) is 24.2 Å². The average Bonchev–Trinajstić information content (AvgIpc) is 2.67. The second kappa shape index (κ2) is 6.68. The number of Topliss-reactive ketones (excluding diaryl/α,β-unsaturated/α-hetero) is 2. The van der Waals surface area contributed by atoms with Crippen LogP contribution in [0.5, 0.6) is 0 Å². The molecule has 0 spiro atoms. The number of ketones is 2. The lowest BCUT2D eigenvalue weighted by Crippen LogP contribution is -2.36. The fraction of sp³-hybridized carbons (Fsp3) is 0.800. The number of carbonyl (C=O) groups is 2. The highest BCUT2D eigenvalue weighted by Crippen LogP contribution is 2.51. The number of fused-ring (bicyclic) bond motifs is 1. The summed E-state index contributed by atoms with van der Waals surface area (Å²) in [6.07, 6.45) is 7.60. The summed E-state index contributed by atoms with van der Waals surface area (Å²) < 4.78 is 0. The number of hydrogen-bond donors (Lipinski definition) is 0. The van der Waals surface area contributed by atoms with Gasteiger partial charge in [-0.05, 0) is 50.4 Å². The Bertz CT molecular complexity index is 474. The SMILES string of the molecule is C/C1=C\CC[C@H](C)CC(=O)[C@@]2(C)CC(=O)[C@@H](C(C)C)[C@@H]2CC1. The summed E-state index contributed by atoms with van der Waals surface area (Å²) in [7, 11) is 0. The summed E-state index contributed by atoms with van der Waals surface area (Å²) in [5.41, 5.74) is 0.996. The molecule has 0 N–H and O–H groups in total. The maximum Gasteiger partial charge on any atom is 0.139 e. The third-order valence-electron chi connectivity index (χ3n) is 6.06. The Balaban J connectivity index is 2.36. The molecule has 1 fully saturated rings. The van der Waals surface area contributed by atoms with Gasteiger partial charge in [-0.1, -0.05) is 39.3 Å². The van der Waals surface area contributed by atoms with Crippen molar-refractivity contribution in [3.63, 3.8) is 0 Å². The molecule has 124 valence electrons. The predicted molar refractivity (Wildman–Crippen MR) is 90.6 cm³/mol. The van der Waals surface area contributed by atoms with Crippen molar-refractivity contribution in [2.45, 2.75) is 73.1 Å². The van der Waals surface area contributed by atoms with Crippen LogP contribution in [0.15, 0.2) is 11.6 Å². The van der Waals surface area contributed by atoms with Crippen LogP contribution in [0.4, 0.5) is 0 Å². The summed E-state index contributed by atoms with van der Waals surface area (Å²) >= 11 is 0. The van der Waals surface area contributed by atoms with Gasteiger partial charge in [-0.3, -0.25) is 9.59 Å². The van der Waals surface area contributed by atoms with Gasteiger partial charge in [-0.15, -0.1) is 0 Å². The summed E-state index contributed by atoms with van der Waals surface area (Å²) in [6, 6.07) is 0. The molecule has 0 aromatic carbocycles. The maximum atomic E-state index is 13.0. The van der Waals surface area contributed by atoms with Crippen LogP contribution in [-0.4, -0.2) is 11.6 Å². The molecule has 2 heteroatoms. The molecule has 2 nitrogen and oxygen atoms in total. The second-order valence-corrected chi connectivity index (χ2v) is 8.34. The molecule has 2 aliphatic rings. The lowest BCUT2D eigenvalue weighted by atomic mass is 9.68. The van der Waals surface area contributed by atoms with E-state index in [1.54, 1.807) is 0 Å². The van der Waals surface area contributed by atoms with Gasteiger partial charge < -0.3 is 0 Å². The minimum absolute atomic E-state index is 0.0674. The van der Waals surface area contributed by atoms with Crippen LogP contribution in [0.2, 0.25) is 0 Å². The monoisotopic (exact) mass is 304 g/mol. The molecule has 0 unspecified atom stereocenters. The van der Waals surface area contributed by atoms with Gasteiger partial charge in [0.25, 0.3) is 0 Å². The van der Waals surface area contributed by atoms with Crippen LogP contribution in [0.1, 0.15) is 73.1 Å². The van der Waals surface area contributed by atoms with E-state index in [1.165, 1.54) is 5.57 Å². The Morgan fingerprint density at radius 1 is 1.23 bits per heavy atom. The van der Waals surface area contributed by atoms with E-state index in [1.807, 2.05) is 0 Å². The standard InChI is InChI=1S/C20H32O2/c1-13(2)19-16-10-9-14(3)7-6-8-15(4)11-18(22)20(16,5)12-17(19)21/h7,13,15-16,19H,6,8-12H2,1-5H3/b14-7+/t15-,16-,19-,20-/m0/s1. The summed E-state index contributed by atoms with van der Waals surface area (Å²) in [4.78, 5) is 25.6. The van der Waals surface area contributed by atoms with Crippen molar-refractivity contribution < 1.29 is 9.59 Å². The summed E-state index contributed by atoms with van der Waals surface area (Å²) in [5, 5.41) is 0. The van der Waals surface area contributed by atoms with E-state index in [0.29, 0.717) is 36.2 Å². The van der Waals surface area contributed by atoms with Crippen molar-refractivity contribution in [3.8, 4) is 0 Å². The first-order chi connectivity index (χ1) is 10.3. The minimum Gasteiger partial charge on any atom is -0.299 e. The first-order valence-corrected chi connectivity index (χ1v) is 8.97. The van der Waals surface area contributed by atoms with Crippen LogP contribution in [-0.2, 0) is 9.59 Å². The lowest BCUT2D eigenvalue weighted by Gasteiger charge is -2.34. The number of carbonyl (C=O) groups excluding carboxylic acids is 2. The minimum atomic E-state index is -0.426. The third kappa shape index (κ3) is 3.36. The van der Waals surface area contributed by atoms with E-state index in [9.17, 15) is 9.59 Å². The summed E-state index contributed by atoms with van der Waals surface area (Å²) in [6.45, 7) is 10.7. The van der Waals surface area contributed by atoms with Gasteiger partial charge in [0.1, 0.15) is 11.6 Å². The molecule has 0 aromatic heterocycles. The molecular formula is C20H32O2. The maximum absolute atomic E-state index is 13.0. The predicted octanol–water partition coefficient (Wildman–Crippen LogP) is 4.97. The van der Waals surface area contributed by atoms with E-state index in [2.05, 4.69) is 40.7 Å². The number of allylic oxidation sites excluding steroid dienone is 2. The molecule has 0 aromatic rings. The average molecular weight is 304 g/mol. The quantitative estimate of drug-likeness (QED) is 0.641. The van der Waals surface area contributed by atoms with Crippen molar-refractivity contribution in [1.29, 1.82) is 0 Å². The van der Waals surface area contributed by atoms with E-state index in [4.69, 9.17) is 0 Å². The second-order valence-electron chi connectivity index (χ2n) is 8.34. The van der Waals surface area contributed by atoms with Gasteiger partial charge >= 0.3 is 0 Å². The van der Waals surface area contributed by atoms with Crippen LogP contribution in [0.3, 0.4) is 0 Å². The molecule has 0 amide bonds. The Morgan fingerprint density at radius 2 is 1.91 bits per heavy atom. The topological polar surface area (TPSA) is 34.1 Å². The largest absolute Gasteiger partial charge is 0.299 e. The fourth-order valence-corrected chi connectivity index (χ4v) is 4.62. The highest BCUT2D eigenvalue weighted by molar-refractivity contribution is 5.96.